The predicted molar refractivity (Wildman–Crippen MR) is 118 cm³/mol. The zero-order valence-electron chi connectivity index (χ0n) is 19.1. The van der Waals surface area contributed by atoms with E-state index in [1.165, 1.54) is 11.0 Å². The van der Waals surface area contributed by atoms with Gasteiger partial charge < -0.3 is 14.6 Å². The van der Waals surface area contributed by atoms with E-state index in [2.05, 4.69) is 4.90 Å². The SMILES string of the molecule is O=C(ON1C(=O)CCC1=O)N1CC2CN(Cc3ccc(C(=O)N4CCCCC4)cc3F)CC2C1. The van der Waals surface area contributed by atoms with Crippen LogP contribution in [-0.4, -0.2) is 82.8 Å². The zero-order chi connectivity index (χ0) is 23.8. The number of benzene rings is 1. The first-order chi connectivity index (χ1) is 16.4. The van der Waals surface area contributed by atoms with E-state index in [1.807, 2.05) is 0 Å². The minimum atomic E-state index is -0.676. The van der Waals surface area contributed by atoms with Crippen molar-refractivity contribution in [3.8, 4) is 0 Å². The normalized spacial score (nSPS) is 25.3. The number of amides is 4. The highest BCUT2D eigenvalue weighted by atomic mass is 19.1. The molecule has 4 amide bonds. The van der Waals surface area contributed by atoms with Crippen molar-refractivity contribution in [1.82, 2.24) is 19.8 Å². The third-order valence-electron chi connectivity index (χ3n) is 7.33. The molecule has 4 aliphatic heterocycles. The molecular weight excluding hydrogens is 443 g/mol. The number of hydrogen-bond donors (Lipinski definition) is 0. The van der Waals surface area contributed by atoms with Gasteiger partial charge in [-0.15, -0.1) is 5.06 Å². The molecule has 0 spiro atoms. The summed E-state index contributed by atoms with van der Waals surface area (Å²) in [5.74, 6) is -1.01. The number of imide groups is 1. The van der Waals surface area contributed by atoms with Gasteiger partial charge in [0, 0.05) is 69.8 Å². The molecule has 1 aromatic carbocycles. The van der Waals surface area contributed by atoms with Gasteiger partial charge in [0.2, 0.25) is 0 Å². The first kappa shape index (κ1) is 22.8. The molecule has 4 aliphatic rings. The van der Waals surface area contributed by atoms with E-state index in [-0.39, 0.29) is 36.4 Å². The van der Waals surface area contributed by atoms with Crippen LogP contribution in [0.5, 0.6) is 0 Å². The lowest BCUT2D eigenvalue weighted by atomic mass is 10.0. The van der Waals surface area contributed by atoms with Crippen molar-refractivity contribution in [3.63, 3.8) is 0 Å². The van der Waals surface area contributed by atoms with Gasteiger partial charge in [-0.3, -0.25) is 19.3 Å². The number of hydrogen-bond acceptors (Lipinski definition) is 6. The van der Waals surface area contributed by atoms with E-state index in [9.17, 15) is 23.6 Å². The largest absolute Gasteiger partial charge is 0.434 e. The van der Waals surface area contributed by atoms with Crippen LogP contribution in [0.15, 0.2) is 18.2 Å². The molecule has 5 rings (SSSR count). The summed E-state index contributed by atoms with van der Waals surface area (Å²) in [5, 5.41) is 0.575. The molecule has 4 heterocycles. The molecule has 0 radical (unpaired) electrons. The summed E-state index contributed by atoms with van der Waals surface area (Å²) < 4.78 is 14.8. The van der Waals surface area contributed by atoms with Crippen molar-refractivity contribution in [3.05, 3.63) is 35.1 Å². The first-order valence-electron chi connectivity index (χ1n) is 12.0. The van der Waals surface area contributed by atoms with E-state index < -0.39 is 17.9 Å². The highest BCUT2D eigenvalue weighted by Gasteiger charge is 2.43. The molecule has 9 nitrogen and oxygen atoms in total. The Hall–Kier alpha value is -3.01. The fraction of sp³-hybridized carbons (Fsp3) is 0.583. The summed E-state index contributed by atoms with van der Waals surface area (Å²) >= 11 is 0. The molecule has 2 atom stereocenters. The lowest BCUT2D eigenvalue weighted by molar-refractivity contribution is -0.173. The third kappa shape index (κ3) is 4.51. The number of fused-ring (bicyclic) bond motifs is 1. The van der Waals surface area contributed by atoms with Gasteiger partial charge in [-0.1, -0.05) is 6.07 Å². The summed E-state index contributed by atoms with van der Waals surface area (Å²) in [5.41, 5.74) is 0.947. The van der Waals surface area contributed by atoms with Gasteiger partial charge in [0.1, 0.15) is 5.82 Å². The van der Waals surface area contributed by atoms with Crippen molar-refractivity contribution in [1.29, 1.82) is 0 Å². The van der Waals surface area contributed by atoms with Crippen molar-refractivity contribution in [2.24, 2.45) is 11.8 Å². The van der Waals surface area contributed by atoms with Crippen LogP contribution in [0, 0.1) is 17.7 Å². The number of rotatable bonds is 4. The maximum atomic E-state index is 14.8. The van der Waals surface area contributed by atoms with E-state index in [1.54, 1.807) is 17.0 Å². The highest BCUT2D eigenvalue weighted by molar-refractivity contribution is 6.01. The van der Waals surface area contributed by atoms with Crippen molar-refractivity contribution in [2.75, 3.05) is 39.3 Å². The van der Waals surface area contributed by atoms with Crippen LogP contribution in [0.4, 0.5) is 9.18 Å². The van der Waals surface area contributed by atoms with Crippen LogP contribution in [0.3, 0.4) is 0 Å². The molecule has 0 N–H and O–H groups in total. The molecule has 0 bridgehead atoms. The van der Waals surface area contributed by atoms with Crippen LogP contribution in [0.1, 0.15) is 48.0 Å². The average molecular weight is 473 g/mol. The molecule has 1 aromatic rings. The van der Waals surface area contributed by atoms with Crippen LogP contribution in [0.2, 0.25) is 0 Å². The zero-order valence-corrected chi connectivity index (χ0v) is 19.1. The predicted octanol–water partition coefficient (Wildman–Crippen LogP) is 2.02. The topological polar surface area (TPSA) is 90.5 Å². The molecular formula is C24H29FN4O5. The van der Waals surface area contributed by atoms with Gasteiger partial charge in [0.05, 0.1) is 0 Å². The molecule has 0 aliphatic carbocycles. The van der Waals surface area contributed by atoms with E-state index in [0.29, 0.717) is 48.9 Å². The maximum Gasteiger partial charge on any atom is 0.434 e. The second-order valence-electron chi connectivity index (χ2n) is 9.72. The van der Waals surface area contributed by atoms with E-state index in [0.717, 1.165) is 32.4 Å². The number of piperidine rings is 1. The minimum absolute atomic E-state index is 0.0658. The lowest BCUT2D eigenvalue weighted by Crippen LogP contribution is -2.40. The highest BCUT2D eigenvalue weighted by Crippen LogP contribution is 2.33. The Morgan fingerprint density at radius 2 is 1.56 bits per heavy atom. The standard InChI is InChI=1S/C24H29FN4O5/c25-20-10-16(23(32)27-8-2-1-3-9-27)4-5-17(20)11-26-12-18-14-28(15-19(18)13-26)24(33)34-29-21(30)6-7-22(29)31/h4-5,10,18-19H,1-3,6-9,11-15H2. The number of halogens is 1. The Balaban J connectivity index is 1.13. The van der Waals surface area contributed by atoms with E-state index >= 15 is 0 Å². The van der Waals surface area contributed by atoms with Gasteiger partial charge in [-0.25, -0.2) is 9.18 Å². The van der Waals surface area contributed by atoms with Crippen molar-refractivity contribution in [2.45, 2.75) is 38.6 Å². The Morgan fingerprint density at radius 3 is 2.18 bits per heavy atom. The van der Waals surface area contributed by atoms with Gasteiger partial charge in [0.15, 0.2) is 0 Å². The minimum Gasteiger partial charge on any atom is -0.339 e. The maximum absolute atomic E-state index is 14.8. The number of carbonyl (C=O) groups excluding carboxylic acids is 4. The molecule has 10 heteroatoms. The molecule has 34 heavy (non-hydrogen) atoms. The van der Waals surface area contributed by atoms with Crippen LogP contribution < -0.4 is 0 Å². The fourth-order valence-electron chi connectivity index (χ4n) is 5.49. The Bertz CT molecular complexity index is 981. The Kier molecular flexibility index (Phi) is 6.24. The summed E-state index contributed by atoms with van der Waals surface area (Å²) in [4.78, 5) is 58.9. The monoisotopic (exact) mass is 472 g/mol. The third-order valence-corrected chi connectivity index (χ3v) is 7.33. The van der Waals surface area contributed by atoms with Gasteiger partial charge >= 0.3 is 6.09 Å². The summed E-state index contributed by atoms with van der Waals surface area (Å²) in [7, 11) is 0. The van der Waals surface area contributed by atoms with Crippen LogP contribution >= 0.6 is 0 Å². The van der Waals surface area contributed by atoms with Crippen molar-refractivity contribution < 1.29 is 28.4 Å². The Morgan fingerprint density at radius 1 is 0.912 bits per heavy atom. The Labute approximate surface area is 197 Å². The number of nitrogens with zero attached hydrogens (tertiary/aromatic N) is 4. The second kappa shape index (κ2) is 9.32. The fourth-order valence-corrected chi connectivity index (χ4v) is 5.49. The number of likely N-dealkylation sites (tertiary alicyclic amines) is 3. The molecule has 182 valence electrons. The van der Waals surface area contributed by atoms with Crippen molar-refractivity contribution >= 4 is 23.8 Å². The van der Waals surface area contributed by atoms with E-state index in [4.69, 9.17) is 4.84 Å². The lowest BCUT2D eigenvalue weighted by Gasteiger charge is -2.27. The molecule has 2 unspecified atom stereocenters. The second-order valence-corrected chi connectivity index (χ2v) is 9.72. The average Bonchev–Trinajstić information content (AvgIpc) is 3.49. The molecule has 4 fully saturated rings. The molecule has 0 saturated carbocycles. The number of hydroxylamine groups is 2. The first-order valence-corrected chi connectivity index (χ1v) is 12.0. The quantitative estimate of drug-likeness (QED) is 0.623. The smallest absolute Gasteiger partial charge is 0.339 e. The molecule has 4 saturated heterocycles. The number of carbonyl (C=O) groups is 4. The van der Waals surface area contributed by atoms with Crippen LogP contribution in [-0.2, 0) is 21.0 Å². The van der Waals surface area contributed by atoms with Crippen LogP contribution in [0.25, 0.3) is 0 Å². The summed E-state index contributed by atoms with van der Waals surface area (Å²) in [6, 6.07) is 4.77. The van der Waals surface area contributed by atoms with Gasteiger partial charge in [0.25, 0.3) is 17.7 Å². The summed E-state index contributed by atoms with van der Waals surface area (Å²) in [6.07, 6.45) is 2.57. The summed E-state index contributed by atoms with van der Waals surface area (Å²) in [6.45, 7) is 4.28. The van der Waals surface area contributed by atoms with Gasteiger partial charge in [-0.05, 0) is 43.2 Å². The molecule has 0 aromatic heterocycles. The van der Waals surface area contributed by atoms with Gasteiger partial charge in [-0.2, -0.15) is 0 Å².